The normalized spacial score (nSPS) is 19.3. The van der Waals surface area contributed by atoms with Crippen LogP contribution in [0.25, 0.3) is 0 Å². The van der Waals surface area contributed by atoms with Crippen molar-refractivity contribution >= 4 is 30.5 Å². The minimum Gasteiger partial charge on any atom is -0.464 e. The molecule has 0 aromatic carbocycles. The van der Waals surface area contributed by atoms with E-state index in [1.165, 1.54) is 9.80 Å². The van der Waals surface area contributed by atoms with Crippen LogP contribution in [0.1, 0.15) is 52.9 Å². The van der Waals surface area contributed by atoms with E-state index >= 15 is 0 Å². The van der Waals surface area contributed by atoms with Gasteiger partial charge in [-0.05, 0) is 33.1 Å². The average molecular weight is 397 g/mol. The van der Waals surface area contributed by atoms with Gasteiger partial charge in [-0.3, -0.25) is 19.2 Å². The Morgan fingerprint density at radius 3 is 2.54 bits per heavy atom. The van der Waals surface area contributed by atoms with Crippen LogP contribution in [0.2, 0.25) is 0 Å². The van der Waals surface area contributed by atoms with Crippen LogP contribution in [0, 0.1) is 0 Å². The van der Waals surface area contributed by atoms with Gasteiger partial charge in [-0.1, -0.05) is 13.3 Å². The fraction of sp³-hybridized carbons (Fsp3) is 0.737. The first-order valence-electron chi connectivity index (χ1n) is 9.67. The maximum Gasteiger partial charge on any atom is 0.293 e. The van der Waals surface area contributed by atoms with Crippen LogP contribution in [0.4, 0.5) is 0 Å². The predicted molar refractivity (Wildman–Crippen MR) is 101 cm³/mol. The highest BCUT2D eigenvalue weighted by molar-refractivity contribution is 5.93. The van der Waals surface area contributed by atoms with Crippen molar-refractivity contribution in [2.45, 2.75) is 77.1 Å². The second kappa shape index (κ2) is 11.4. The minimum absolute atomic E-state index is 0.00194. The van der Waals surface area contributed by atoms with Gasteiger partial charge in [0.2, 0.25) is 17.7 Å². The first-order valence-corrected chi connectivity index (χ1v) is 9.67. The number of nitrogens with zero attached hydrogens (tertiary/aromatic N) is 2. The summed E-state index contributed by atoms with van der Waals surface area (Å²) < 4.78 is 4.76. The second-order valence-corrected chi connectivity index (χ2v) is 7.18. The summed E-state index contributed by atoms with van der Waals surface area (Å²) in [4.78, 5) is 62.2. The molecule has 0 aliphatic carbocycles. The third-order valence-electron chi connectivity index (χ3n) is 4.86. The molecule has 3 amide bonds. The Morgan fingerprint density at radius 1 is 1.29 bits per heavy atom. The highest BCUT2D eigenvalue weighted by Crippen LogP contribution is 2.22. The summed E-state index contributed by atoms with van der Waals surface area (Å²) in [6.45, 7) is 5.83. The number of amides is 3. The van der Waals surface area contributed by atoms with Crippen LogP contribution in [-0.2, 0) is 28.7 Å². The van der Waals surface area contributed by atoms with Crippen molar-refractivity contribution in [2.75, 3.05) is 13.6 Å². The van der Waals surface area contributed by atoms with Crippen molar-refractivity contribution in [3.63, 3.8) is 0 Å². The largest absolute Gasteiger partial charge is 0.464 e. The number of hydrogen-bond acceptors (Lipinski definition) is 6. The zero-order valence-electron chi connectivity index (χ0n) is 17.1. The molecule has 1 rings (SSSR count). The molecule has 1 saturated heterocycles. The van der Waals surface area contributed by atoms with Gasteiger partial charge in [-0.2, -0.15) is 0 Å². The molecule has 0 aromatic rings. The molecule has 4 atom stereocenters. The van der Waals surface area contributed by atoms with Gasteiger partial charge in [0.25, 0.3) is 6.47 Å². The van der Waals surface area contributed by atoms with Gasteiger partial charge in [-0.15, -0.1) is 0 Å². The molecule has 4 unspecified atom stereocenters. The van der Waals surface area contributed by atoms with E-state index in [0.29, 0.717) is 45.0 Å². The molecule has 0 saturated carbocycles. The van der Waals surface area contributed by atoms with Crippen molar-refractivity contribution in [3.8, 4) is 0 Å². The van der Waals surface area contributed by atoms with Crippen LogP contribution < -0.4 is 5.32 Å². The first kappa shape index (κ1) is 23.6. The van der Waals surface area contributed by atoms with Gasteiger partial charge in [-0.25, -0.2) is 0 Å². The maximum atomic E-state index is 13.0. The van der Waals surface area contributed by atoms with E-state index in [1.807, 2.05) is 6.92 Å². The molecule has 9 heteroatoms. The van der Waals surface area contributed by atoms with Crippen LogP contribution in [0.15, 0.2) is 0 Å². The molecule has 1 fully saturated rings. The third kappa shape index (κ3) is 6.31. The summed E-state index contributed by atoms with van der Waals surface area (Å²) in [7, 11) is 1.55. The fourth-order valence-corrected chi connectivity index (χ4v) is 3.35. The van der Waals surface area contributed by atoms with Gasteiger partial charge in [0.1, 0.15) is 24.5 Å². The molecule has 1 heterocycles. The monoisotopic (exact) mass is 397 g/mol. The van der Waals surface area contributed by atoms with Gasteiger partial charge in [0.05, 0.1) is 12.5 Å². The Kier molecular flexibility index (Phi) is 9.61. The predicted octanol–water partition coefficient (Wildman–Crippen LogP) is 0.260. The summed E-state index contributed by atoms with van der Waals surface area (Å²) in [5.74, 6) is -0.951. The topological polar surface area (TPSA) is 113 Å². The van der Waals surface area contributed by atoms with E-state index < -0.39 is 24.2 Å². The Labute approximate surface area is 165 Å². The smallest absolute Gasteiger partial charge is 0.293 e. The van der Waals surface area contributed by atoms with Gasteiger partial charge in [0.15, 0.2) is 0 Å². The molecule has 9 nitrogen and oxygen atoms in total. The van der Waals surface area contributed by atoms with E-state index in [1.54, 1.807) is 20.9 Å². The Balaban J connectivity index is 2.86. The molecule has 28 heavy (non-hydrogen) atoms. The maximum absolute atomic E-state index is 13.0. The lowest BCUT2D eigenvalue weighted by atomic mass is 10.1. The molecule has 0 radical (unpaired) electrons. The minimum atomic E-state index is -0.713. The van der Waals surface area contributed by atoms with Crippen LogP contribution in [-0.4, -0.2) is 78.1 Å². The summed E-state index contributed by atoms with van der Waals surface area (Å²) in [5.41, 5.74) is 0. The molecule has 1 N–H and O–H groups in total. The van der Waals surface area contributed by atoms with E-state index in [4.69, 9.17) is 4.74 Å². The molecule has 0 bridgehead atoms. The highest BCUT2D eigenvalue weighted by Gasteiger charge is 2.38. The molecule has 1 aliphatic rings. The number of likely N-dealkylation sites (tertiary alicyclic amines) is 1. The number of ether oxygens (including phenoxy) is 1. The Bertz CT molecular complexity index is 582. The van der Waals surface area contributed by atoms with Crippen molar-refractivity contribution in [1.82, 2.24) is 15.1 Å². The van der Waals surface area contributed by atoms with Gasteiger partial charge < -0.3 is 24.6 Å². The third-order valence-corrected chi connectivity index (χ3v) is 4.86. The second-order valence-electron chi connectivity index (χ2n) is 7.18. The number of aldehydes is 1. The Hall–Kier alpha value is -2.45. The SMILES string of the molecule is CCCC(C(=O)NC(C)C=O)N(C)C(=O)C1CCCN1C(=O)CC(C)OC=O. The van der Waals surface area contributed by atoms with Crippen LogP contribution in [0.3, 0.4) is 0 Å². The molecule has 0 spiro atoms. The lowest BCUT2D eigenvalue weighted by Crippen LogP contribution is -2.55. The van der Waals surface area contributed by atoms with Crippen molar-refractivity contribution in [3.05, 3.63) is 0 Å². The summed E-state index contributed by atoms with van der Waals surface area (Å²) >= 11 is 0. The van der Waals surface area contributed by atoms with Crippen LogP contribution >= 0.6 is 0 Å². The summed E-state index contributed by atoms with van der Waals surface area (Å²) in [6.07, 6.45) is 2.39. The fourth-order valence-electron chi connectivity index (χ4n) is 3.35. The number of rotatable bonds is 11. The van der Waals surface area contributed by atoms with Crippen molar-refractivity contribution in [1.29, 1.82) is 0 Å². The zero-order chi connectivity index (χ0) is 21.3. The number of hydrogen-bond donors (Lipinski definition) is 1. The standard InChI is InChI=1S/C19H31N3O6/c1-5-7-15(18(26)20-13(2)11-23)21(4)19(27)16-8-6-9-22(16)17(25)10-14(3)28-12-24/h11-16H,5-10H2,1-4H3,(H,20,26). The molecular formula is C19H31N3O6. The first-order chi connectivity index (χ1) is 13.3. The number of likely N-dealkylation sites (N-methyl/N-ethyl adjacent to an activating group) is 1. The quantitative estimate of drug-likeness (QED) is 0.501. The molecular weight excluding hydrogens is 366 g/mol. The number of nitrogens with one attached hydrogen (secondary N) is 1. The zero-order valence-corrected chi connectivity index (χ0v) is 17.1. The summed E-state index contributed by atoms with van der Waals surface area (Å²) in [6, 6.07) is -1.99. The van der Waals surface area contributed by atoms with Crippen molar-refractivity contribution in [2.24, 2.45) is 0 Å². The van der Waals surface area contributed by atoms with E-state index in [0.717, 1.165) is 0 Å². The number of carbonyl (C=O) groups is 5. The van der Waals surface area contributed by atoms with Crippen molar-refractivity contribution < 1.29 is 28.7 Å². The Morgan fingerprint density at radius 2 is 1.96 bits per heavy atom. The average Bonchev–Trinajstić information content (AvgIpc) is 3.14. The molecule has 158 valence electrons. The van der Waals surface area contributed by atoms with E-state index in [9.17, 15) is 24.0 Å². The van der Waals surface area contributed by atoms with E-state index in [2.05, 4.69) is 5.32 Å². The van der Waals surface area contributed by atoms with Gasteiger partial charge in [0, 0.05) is 13.6 Å². The number of carbonyl (C=O) groups excluding carboxylic acids is 5. The lowest BCUT2D eigenvalue weighted by molar-refractivity contribution is -0.148. The summed E-state index contributed by atoms with van der Waals surface area (Å²) in [5, 5.41) is 2.58. The molecule has 0 aromatic heterocycles. The van der Waals surface area contributed by atoms with Crippen LogP contribution in [0.5, 0.6) is 0 Å². The molecule has 1 aliphatic heterocycles. The van der Waals surface area contributed by atoms with Gasteiger partial charge >= 0.3 is 0 Å². The highest BCUT2D eigenvalue weighted by atomic mass is 16.5. The lowest BCUT2D eigenvalue weighted by Gasteiger charge is -2.33. The van der Waals surface area contributed by atoms with E-state index in [-0.39, 0.29) is 24.1 Å².